The van der Waals surface area contributed by atoms with Gasteiger partial charge in [0.15, 0.2) is 0 Å². The van der Waals surface area contributed by atoms with Crippen LogP contribution in [0.1, 0.15) is 45.4 Å². The van der Waals surface area contributed by atoms with Crippen molar-refractivity contribution in [2.24, 2.45) is 5.73 Å². The first-order valence-corrected chi connectivity index (χ1v) is 7.51. The fourth-order valence-electron chi connectivity index (χ4n) is 3.31. The Labute approximate surface area is 106 Å². The van der Waals surface area contributed by atoms with Gasteiger partial charge in [0.25, 0.3) is 0 Å². The number of rotatable bonds is 5. The molecule has 0 radical (unpaired) electrons. The molecule has 3 nitrogen and oxygen atoms in total. The Morgan fingerprint density at radius 1 is 1.12 bits per heavy atom. The fourth-order valence-corrected chi connectivity index (χ4v) is 3.31. The van der Waals surface area contributed by atoms with Gasteiger partial charge in [-0.05, 0) is 45.3 Å². The largest absolute Gasteiger partial charge is 0.328 e. The van der Waals surface area contributed by atoms with Gasteiger partial charge in [-0.25, -0.2) is 0 Å². The predicted molar refractivity (Wildman–Crippen MR) is 73.2 cm³/mol. The lowest BCUT2D eigenvalue weighted by molar-refractivity contribution is 0.149. The van der Waals surface area contributed by atoms with Crippen LogP contribution in [0.2, 0.25) is 0 Å². The van der Waals surface area contributed by atoms with Crippen molar-refractivity contribution in [1.82, 2.24) is 9.80 Å². The lowest BCUT2D eigenvalue weighted by atomic mass is 10.1. The number of hydrogen-bond acceptors (Lipinski definition) is 3. The standard InChI is InChI=1S/C14H29N3/c1-2-17(14-5-3-4-6-14)12-11-16-9-7-13(15)8-10-16/h13-14H,2-12,15H2,1H3. The molecule has 1 saturated carbocycles. The third-order valence-corrected chi connectivity index (χ3v) is 4.58. The van der Waals surface area contributed by atoms with Crippen LogP contribution in [0.15, 0.2) is 0 Å². The number of likely N-dealkylation sites (tertiary alicyclic amines) is 1. The SMILES string of the molecule is CCN(CCN1CCC(N)CC1)C1CCCC1. The molecule has 1 heterocycles. The minimum Gasteiger partial charge on any atom is -0.328 e. The van der Waals surface area contributed by atoms with Gasteiger partial charge in [-0.15, -0.1) is 0 Å². The van der Waals surface area contributed by atoms with Crippen LogP contribution in [0.25, 0.3) is 0 Å². The summed E-state index contributed by atoms with van der Waals surface area (Å²) in [6.45, 7) is 8.46. The Hall–Kier alpha value is -0.120. The van der Waals surface area contributed by atoms with E-state index in [0.29, 0.717) is 6.04 Å². The van der Waals surface area contributed by atoms with Crippen molar-refractivity contribution < 1.29 is 0 Å². The molecule has 0 atom stereocenters. The summed E-state index contributed by atoms with van der Waals surface area (Å²) in [6, 6.07) is 1.34. The number of piperidine rings is 1. The predicted octanol–water partition coefficient (Wildman–Crippen LogP) is 1.67. The Kier molecular flexibility index (Phi) is 5.26. The third-order valence-electron chi connectivity index (χ3n) is 4.58. The molecule has 0 aromatic carbocycles. The lowest BCUT2D eigenvalue weighted by Gasteiger charge is -2.34. The van der Waals surface area contributed by atoms with Crippen molar-refractivity contribution in [2.45, 2.75) is 57.5 Å². The zero-order valence-electron chi connectivity index (χ0n) is 11.4. The summed E-state index contributed by atoms with van der Waals surface area (Å²) < 4.78 is 0. The first-order valence-electron chi connectivity index (χ1n) is 7.51. The second-order valence-electron chi connectivity index (χ2n) is 5.75. The van der Waals surface area contributed by atoms with Crippen molar-refractivity contribution in [3.05, 3.63) is 0 Å². The van der Waals surface area contributed by atoms with Gasteiger partial charge in [0.05, 0.1) is 0 Å². The van der Waals surface area contributed by atoms with Crippen LogP contribution in [0.3, 0.4) is 0 Å². The quantitative estimate of drug-likeness (QED) is 0.792. The summed E-state index contributed by atoms with van der Waals surface area (Å²) in [4.78, 5) is 5.29. The van der Waals surface area contributed by atoms with Crippen molar-refractivity contribution >= 4 is 0 Å². The maximum absolute atomic E-state index is 5.94. The van der Waals surface area contributed by atoms with E-state index in [9.17, 15) is 0 Å². The molecule has 0 spiro atoms. The summed E-state index contributed by atoms with van der Waals surface area (Å²) in [7, 11) is 0. The monoisotopic (exact) mass is 239 g/mol. The van der Waals surface area contributed by atoms with E-state index in [1.165, 1.54) is 71.2 Å². The van der Waals surface area contributed by atoms with Gasteiger partial charge in [0.1, 0.15) is 0 Å². The highest BCUT2D eigenvalue weighted by molar-refractivity contribution is 4.79. The molecule has 0 bridgehead atoms. The maximum atomic E-state index is 5.94. The maximum Gasteiger partial charge on any atom is 0.0112 e. The number of nitrogens with two attached hydrogens (primary N) is 1. The van der Waals surface area contributed by atoms with E-state index in [-0.39, 0.29) is 0 Å². The second-order valence-corrected chi connectivity index (χ2v) is 5.75. The van der Waals surface area contributed by atoms with Gasteiger partial charge in [0, 0.05) is 25.2 Å². The van der Waals surface area contributed by atoms with E-state index >= 15 is 0 Å². The summed E-state index contributed by atoms with van der Waals surface area (Å²) >= 11 is 0. The van der Waals surface area contributed by atoms with Crippen molar-refractivity contribution in [3.8, 4) is 0 Å². The second kappa shape index (κ2) is 6.72. The average molecular weight is 239 g/mol. The molecule has 1 saturated heterocycles. The summed E-state index contributed by atoms with van der Waals surface area (Å²) in [5, 5.41) is 0. The van der Waals surface area contributed by atoms with Crippen LogP contribution in [-0.4, -0.2) is 54.6 Å². The molecule has 0 unspecified atom stereocenters. The lowest BCUT2D eigenvalue weighted by Crippen LogP contribution is -2.44. The highest BCUT2D eigenvalue weighted by atomic mass is 15.2. The van der Waals surface area contributed by atoms with Crippen molar-refractivity contribution in [1.29, 1.82) is 0 Å². The molecule has 100 valence electrons. The van der Waals surface area contributed by atoms with Gasteiger partial charge < -0.3 is 10.6 Å². The highest BCUT2D eigenvalue weighted by Crippen LogP contribution is 2.23. The fraction of sp³-hybridized carbons (Fsp3) is 1.00. The molecule has 17 heavy (non-hydrogen) atoms. The van der Waals surface area contributed by atoms with E-state index in [1.54, 1.807) is 0 Å². The Balaban J connectivity index is 1.68. The molecular weight excluding hydrogens is 210 g/mol. The Morgan fingerprint density at radius 3 is 2.35 bits per heavy atom. The molecule has 0 aromatic heterocycles. The first-order chi connectivity index (χ1) is 8.29. The third kappa shape index (κ3) is 3.94. The van der Waals surface area contributed by atoms with E-state index in [2.05, 4.69) is 16.7 Å². The van der Waals surface area contributed by atoms with Gasteiger partial charge in [-0.1, -0.05) is 19.8 Å². The summed E-state index contributed by atoms with van der Waals surface area (Å²) in [5.74, 6) is 0. The number of nitrogens with zero attached hydrogens (tertiary/aromatic N) is 2. The van der Waals surface area contributed by atoms with Crippen LogP contribution in [0.5, 0.6) is 0 Å². The molecule has 2 fully saturated rings. The molecule has 3 heteroatoms. The number of likely N-dealkylation sites (N-methyl/N-ethyl adjacent to an activating group) is 1. The van der Waals surface area contributed by atoms with E-state index < -0.39 is 0 Å². The number of hydrogen-bond donors (Lipinski definition) is 1. The van der Waals surface area contributed by atoms with Crippen LogP contribution >= 0.6 is 0 Å². The average Bonchev–Trinajstić information content (AvgIpc) is 2.86. The van der Waals surface area contributed by atoms with Gasteiger partial charge in [-0.2, -0.15) is 0 Å². The molecule has 1 aliphatic heterocycles. The van der Waals surface area contributed by atoms with E-state index in [1.807, 2.05) is 0 Å². The minimum atomic E-state index is 0.461. The summed E-state index contributed by atoms with van der Waals surface area (Å²) in [6.07, 6.45) is 8.13. The van der Waals surface area contributed by atoms with Gasteiger partial charge >= 0.3 is 0 Å². The van der Waals surface area contributed by atoms with Gasteiger partial charge in [-0.3, -0.25) is 4.90 Å². The molecule has 0 amide bonds. The zero-order valence-corrected chi connectivity index (χ0v) is 11.4. The molecule has 2 rings (SSSR count). The molecular formula is C14H29N3. The Morgan fingerprint density at radius 2 is 1.76 bits per heavy atom. The Bertz CT molecular complexity index is 206. The summed E-state index contributed by atoms with van der Waals surface area (Å²) in [5.41, 5.74) is 5.94. The van der Waals surface area contributed by atoms with E-state index in [4.69, 9.17) is 5.73 Å². The van der Waals surface area contributed by atoms with Crippen molar-refractivity contribution in [2.75, 3.05) is 32.7 Å². The molecule has 2 N–H and O–H groups in total. The van der Waals surface area contributed by atoms with Crippen LogP contribution in [0, 0.1) is 0 Å². The first kappa shape index (κ1) is 13.3. The normalized spacial score (nSPS) is 24.9. The topological polar surface area (TPSA) is 32.5 Å². The highest BCUT2D eigenvalue weighted by Gasteiger charge is 2.22. The van der Waals surface area contributed by atoms with Gasteiger partial charge in [0.2, 0.25) is 0 Å². The zero-order chi connectivity index (χ0) is 12.1. The minimum absolute atomic E-state index is 0.461. The van der Waals surface area contributed by atoms with Crippen molar-refractivity contribution in [3.63, 3.8) is 0 Å². The van der Waals surface area contributed by atoms with Crippen LogP contribution < -0.4 is 5.73 Å². The molecule has 2 aliphatic rings. The van der Waals surface area contributed by atoms with Crippen LogP contribution in [-0.2, 0) is 0 Å². The molecule has 0 aromatic rings. The van der Waals surface area contributed by atoms with Crippen LogP contribution in [0.4, 0.5) is 0 Å². The smallest absolute Gasteiger partial charge is 0.0112 e. The molecule has 1 aliphatic carbocycles. The van der Waals surface area contributed by atoms with E-state index in [0.717, 1.165) is 6.04 Å².